The zero-order valence-corrected chi connectivity index (χ0v) is 11.3. The first-order valence-corrected chi connectivity index (χ1v) is 7.04. The van der Waals surface area contributed by atoms with Crippen molar-refractivity contribution in [3.05, 3.63) is 48.4 Å². The quantitative estimate of drug-likeness (QED) is 0.679. The van der Waals surface area contributed by atoms with Crippen LogP contribution in [0.3, 0.4) is 0 Å². The van der Waals surface area contributed by atoms with E-state index in [-0.39, 0.29) is 6.61 Å². The Morgan fingerprint density at radius 2 is 2.00 bits per heavy atom. The normalized spacial score (nSPS) is 12.3. The molecule has 1 aromatic carbocycles. The Hall–Kier alpha value is -1.43. The SMILES string of the molecule is OCC(O)CNc1ccc(SCc2ccco2)cc1. The van der Waals surface area contributed by atoms with Crippen LogP contribution >= 0.6 is 11.8 Å². The van der Waals surface area contributed by atoms with Crippen molar-refractivity contribution in [2.75, 3.05) is 18.5 Å². The summed E-state index contributed by atoms with van der Waals surface area (Å²) >= 11 is 1.70. The summed E-state index contributed by atoms with van der Waals surface area (Å²) in [4.78, 5) is 1.16. The summed E-state index contributed by atoms with van der Waals surface area (Å²) in [5.41, 5.74) is 0.926. The number of benzene rings is 1. The molecular formula is C14H17NO3S. The highest BCUT2D eigenvalue weighted by Crippen LogP contribution is 2.24. The van der Waals surface area contributed by atoms with E-state index in [0.717, 1.165) is 22.1 Å². The van der Waals surface area contributed by atoms with E-state index in [1.165, 1.54) is 0 Å². The molecule has 102 valence electrons. The van der Waals surface area contributed by atoms with E-state index in [9.17, 15) is 5.11 Å². The van der Waals surface area contributed by atoms with Gasteiger partial charge in [0.15, 0.2) is 0 Å². The Morgan fingerprint density at radius 1 is 1.21 bits per heavy atom. The number of aliphatic hydroxyl groups is 2. The van der Waals surface area contributed by atoms with Crippen molar-refractivity contribution in [1.82, 2.24) is 0 Å². The summed E-state index contributed by atoms with van der Waals surface area (Å²) in [6, 6.07) is 11.8. The van der Waals surface area contributed by atoms with Gasteiger partial charge in [-0.15, -0.1) is 11.8 Å². The molecule has 0 spiro atoms. The van der Waals surface area contributed by atoms with Gasteiger partial charge < -0.3 is 19.9 Å². The highest BCUT2D eigenvalue weighted by molar-refractivity contribution is 7.98. The van der Waals surface area contributed by atoms with Gasteiger partial charge in [0.1, 0.15) is 5.76 Å². The second kappa shape index (κ2) is 7.23. The van der Waals surface area contributed by atoms with Crippen LogP contribution in [0.2, 0.25) is 0 Å². The lowest BCUT2D eigenvalue weighted by atomic mass is 10.3. The van der Waals surface area contributed by atoms with Crippen LogP contribution in [-0.2, 0) is 5.75 Å². The number of furan rings is 1. The van der Waals surface area contributed by atoms with Gasteiger partial charge in [0.2, 0.25) is 0 Å². The van der Waals surface area contributed by atoms with Gasteiger partial charge >= 0.3 is 0 Å². The predicted molar refractivity (Wildman–Crippen MR) is 76.3 cm³/mol. The standard InChI is InChI=1S/C14H17NO3S/c16-9-12(17)8-15-11-3-5-14(6-4-11)19-10-13-2-1-7-18-13/h1-7,12,15-17H,8-10H2. The van der Waals surface area contributed by atoms with Crippen molar-refractivity contribution < 1.29 is 14.6 Å². The molecule has 0 fully saturated rings. The van der Waals surface area contributed by atoms with Crippen molar-refractivity contribution >= 4 is 17.4 Å². The molecule has 4 nitrogen and oxygen atoms in total. The van der Waals surface area contributed by atoms with Crippen molar-refractivity contribution in [1.29, 1.82) is 0 Å². The Kier molecular flexibility index (Phi) is 5.32. The van der Waals surface area contributed by atoms with Crippen LogP contribution in [0.15, 0.2) is 52.0 Å². The van der Waals surface area contributed by atoms with E-state index >= 15 is 0 Å². The molecule has 0 bridgehead atoms. The fourth-order valence-electron chi connectivity index (χ4n) is 1.52. The smallest absolute Gasteiger partial charge is 0.113 e. The third-order valence-electron chi connectivity index (χ3n) is 2.57. The molecule has 5 heteroatoms. The third kappa shape index (κ3) is 4.63. The maximum absolute atomic E-state index is 9.24. The van der Waals surface area contributed by atoms with E-state index in [0.29, 0.717) is 6.54 Å². The summed E-state index contributed by atoms with van der Waals surface area (Å²) in [5, 5.41) is 21.0. The van der Waals surface area contributed by atoms with Crippen molar-refractivity contribution in [3.63, 3.8) is 0 Å². The van der Waals surface area contributed by atoms with Crippen molar-refractivity contribution in [2.45, 2.75) is 16.8 Å². The number of rotatable bonds is 7. The van der Waals surface area contributed by atoms with E-state index < -0.39 is 6.10 Å². The van der Waals surface area contributed by atoms with E-state index in [1.807, 2.05) is 36.4 Å². The Bertz CT molecular complexity index is 470. The summed E-state index contributed by atoms with van der Waals surface area (Å²) in [7, 11) is 0. The number of hydrogen-bond acceptors (Lipinski definition) is 5. The third-order valence-corrected chi connectivity index (χ3v) is 3.60. The van der Waals surface area contributed by atoms with Crippen LogP contribution in [0.4, 0.5) is 5.69 Å². The van der Waals surface area contributed by atoms with Gasteiger partial charge in [-0.25, -0.2) is 0 Å². The lowest BCUT2D eigenvalue weighted by molar-refractivity contribution is 0.105. The van der Waals surface area contributed by atoms with Gasteiger partial charge in [-0.05, 0) is 36.4 Å². The highest BCUT2D eigenvalue weighted by atomic mass is 32.2. The van der Waals surface area contributed by atoms with Crippen LogP contribution in [0.1, 0.15) is 5.76 Å². The molecule has 19 heavy (non-hydrogen) atoms. The minimum atomic E-state index is -0.729. The van der Waals surface area contributed by atoms with E-state index in [2.05, 4.69) is 5.32 Å². The number of hydrogen-bond donors (Lipinski definition) is 3. The molecule has 0 saturated heterocycles. The molecule has 2 aromatic rings. The fourth-order valence-corrected chi connectivity index (χ4v) is 2.32. The Balaban J connectivity index is 1.81. The molecule has 0 aliphatic heterocycles. The summed E-state index contributed by atoms with van der Waals surface area (Å²) < 4.78 is 5.27. The lowest BCUT2D eigenvalue weighted by Crippen LogP contribution is -2.22. The van der Waals surface area contributed by atoms with Gasteiger partial charge in [-0.1, -0.05) is 0 Å². The molecular weight excluding hydrogens is 262 g/mol. The van der Waals surface area contributed by atoms with E-state index in [1.54, 1.807) is 18.0 Å². The van der Waals surface area contributed by atoms with Gasteiger partial charge in [-0.2, -0.15) is 0 Å². The second-order valence-electron chi connectivity index (χ2n) is 4.11. The summed E-state index contributed by atoms with van der Waals surface area (Å²) in [6.07, 6.45) is 0.947. The predicted octanol–water partition coefficient (Wildman–Crippen LogP) is 2.34. The molecule has 2 rings (SSSR count). The summed E-state index contributed by atoms with van der Waals surface area (Å²) in [5.74, 6) is 1.77. The van der Waals surface area contributed by atoms with Crippen molar-refractivity contribution in [3.8, 4) is 0 Å². The average Bonchev–Trinajstić information content (AvgIpc) is 2.97. The number of anilines is 1. The molecule has 0 aliphatic rings. The van der Waals surface area contributed by atoms with Crippen LogP contribution in [0.5, 0.6) is 0 Å². The first-order chi connectivity index (χ1) is 9.28. The molecule has 0 saturated carbocycles. The second-order valence-corrected chi connectivity index (χ2v) is 5.16. The number of aliphatic hydroxyl groups excluding tert-OH is 2. The summed E-state index contributed by atoms with van der Waals surface area (Å²) in [6.45, 7) is 0.111. The maximum Gasteiger partial charge on any atom is 0.113 e. The van der Waals surface area contributed by atoms with Crippen molar-refractivity contribution in [2.24, 2.45) is 0 Å². The van der Waals surface area contributed by atoms with E-state index in [4.69, 9.17) is 9.52 Å². The molecule has 3 N–H and O–H groups in total. The molecule has 1 unspecified atom stereocenters. The molecule has 1 atom stereocenters. The monoisotopic (exact) mass is 279 g/mol. The van der Waals surface area contributed by atoms with Gasteiger partial charge in [0.05, 0.1) is 24.7 Å². The lowest BCUT2D eigenvalue weighted by Gasteiger charge is -2.10. The highest BCUT2D eigenvalue weighted by Gasteiger charge is 2.02. The fraction of sp³-hybridized carbons (Fsp3) is 0.286. The largest absolute Gasteiger partial charge is 0.468 e. The first-order valence-electron chi connectivity index (χ1n) is 6.06. The Morgan fingerprint density at radius 3 is 2.63 bits per heavy atom. The number of thioether (sulfide) groups is 1. The average molecular weight is 279 g/mol. The van der Waals surface area contributed by atoms with Crippen LogP contribution in [-0.4, -0.2) is 29.5 Å². The molecule has 1 aromatic heterocycles. The zero-order valence-electron chi connectivity index (χ0n) is 10.5. The maximum atomic E-state index is 9.24. The Labute approximate surface area is 116 Å². The molecule has 1 heterocycles. The minimum Gasteiger partial charge on any atom is -0.468 e. The molecule has 0 amide bonds. The first kappa shape index (κ1) is 14.0. The number of nitrogens with one attached hydrogen (secondary N) is 1. The molecule has 0 radical (unpaired) electrons. The zero-order chi connectivity index (χ0) is 13.5. The van der Waals surface area contributed by atoms with Crippen LogP contribution in [0.25, 0.3) is 0 Å². The van der Waals surface area contributed by atoms with Gasteiger partial charge in [0, 0.05) is 17.1 Å². The van der Waals surface area contributed by atoms with Gasteiger partial charge in [-0.3, -0.25) is 0 Å². The topological polar surface area (TPSA) is 65.6 Å². The van der Waals surface area contributed by atoms with Crippen LogP contribution in [0, 0.1) is 0 Å². The molecule has 0 aliphatic carbocycles. The van der Waals surface area contributed by atoms with Gasteiger partial charge in [0.25, 0.3) is 0 Å². The minimum absolute atomic E-state index is 0.232. The van der Waals surface area contributed by atoms with Crippen LogP contribution < -0.4 is 5.32 Å².